The van der Waals surface area contributed by atoms with E-state index < -0.39 is 5.91 Å². The number of nitrogens with one attached hydrogen (secondary N) is 2. The quantitative estimate of drug-likeness (QED) is 0.268. The Morgan fingerprint density at radius 1 is 1.10 bits per heavy atom. The number of esters is 1. The van der Waals surface area contributed by atoms with Crippen molar-refractivity contribution in [3.63, 3.8) is 0 Å². The third-order valence-electron chi connectivity index (χ3n) is 5.97. The smallest absolute Gasteiger partial charge is 0.323 e. The minimum absolute atomic E-state index is 0.0847. The van der Waals surface area contributed by atoms with Crippen LogP contribution >= 0.6 is 0 Å². The van der Waals surface area contributed by atoms with Crippen LogP contribution in [0.4, 0.5) is 0 Å². The molecule has 158 valence electrons. The van der Waals surface area contributed by atoms with Crippen molar-refractivity contribution in [2.24, 2.45) is 5.92 Å². The van der Waals surface area contributed by atoms with E-state index in [4.69, 9.17) is 9.94 Å². The number of benzene rings is 1. The van der Waals surface area contributed by atoms with Crippen molar-refractivity contribution in [1.82, 2.24) is 10.8 Å². The largest absolute Gasteiger partial charge is 0.461 e. The fourth-order valence-electron chi connectivity index (χ4n) is 4.40. The van der Waals surface area contributed by atoms with Crippen molar-refractivity contribution in [3.8, 4) is 0 Å². The van der Waals surface area contributed by atoms with E-state index in [0.29, 0.717) is 12.5 Å². The van der Waals surface area contributed by atoms with Gasteiger partial charge < -0.3 is 10.1 Å². The molecule has 2 saturated carbocycles. The molecule has 29 heavy (non-hydrogen) atoms. The predicted molar refractivity (Wildman–Crippen MR) is 111 cm³/mol. The number of hydroxylamine groups is 1. The van der Waals surface area contributed by atoms with Crippen molar-refractivity contribution in [2.75, 3.05) is 0 Å². The highest BCUT2D eigenvalue weighted by atomic mass is 16.5. The van der Waals surface area contributed by atoms with Crippen LogP contribution in [0, 0.1) is 5.92 Å². The van der Waals surface area contributed by atoms with Gasteiger partial charge in [-0.3, -0.25) is 14.8 Å². The Morgan fingerprint density at radius 3 is 2.55 bits per heavy atom. The van der Waals surface area contributed by atoms with Crippen LogP contribution in [0.25, 0.3) is 6.08 Å². The van der Waals surface area contributed by atoms with Crippen molar-refractivity contribution in [1.29, 1.82) is 0 Å². The highest BCUT2D eigenvalue weighted by molar-refractivity contribution is 5.90. The Balaban J connectivity index is 1.63. The first-order valence-corrected chi connectivity index (χ1v) is 10.8. The molecule has 2 aliphatic rings. The molecule has 1 aromatic rings. The van der Waals surface area contributed by atoms with Gasteiger partial charge in [0.25, 0.3) is 5.91 Å². The molecule has 1 amide bonds. The fourth-order valence-corrected chi connectivity index (χ4v) is 4.40. The lowest BCUT2D eigenvalue weighted by Crippen LogP contribution is -2.45. The average molecular weight is 401 g/mol. The minimum Gasteiger partial charge on any atom is -0.461 e. The molecule has 0 radical (unpaired) electrons. The van der Waals surface area contributed by atoms with Crippen LogP contribution in [-0.2, 0) is 20.9 Å². The average Bonchev–Trinajstić information content (AvgIpc) is 3.26. The van der Waals surface area contributed by atoms with Gasteiger partial charge in [-0.2, -0.15) is 0 Å². The Bertz CT molecular complexity index is 707. The summed E-state index contributed by atoms with van der Waals surface area (Å²) in [6.45, 7) is 0.564. The monoisotopic (exact) mass is 400 g/mol. The van der Waals surface area contributed by atoms with Crippen LogP contribution in [-0.4, -0.2) is 29.2 Å². The molecule has 1 atom stereocenters. The molecule has 1 aromatic carbocycles. The summed E-state index contributed by atoms with van der Waals surface area (Å²) in [5, 5.41) is 12.1. The number of hydrogen-bond acceptors (Lipinski definition) is 5. The Kier molecular flexibility index (Phi) is 8.25. The van der Waals surface area contributed by atoms with E-state index in [0.717, 1.165) is 49.7 Å². The van der Waals surface area contributed by atoms with E-state index >= 15 is 0 Å². The normalized spacial score (nSPS) is 19.3. The van der Waals surface area contributed by atoms with Crippen LogP contribution in [0.3, 0.4) is 0 Å². The predicted octanol–water partition coefficient (Wildman–Crippen LogP) is 3.73. The van der Waals surface area contributed by atoms with Crippen molar-refractivity contribution in [2.45, 2.75) is 76.5 Å². The molecule has 0 bridgehead atoms. The van der Waals surface area contributed by atoms with Crippen LogP contribution in [0.5, 0.6) is 0 Å². The van der Waals surface area contributed by atoms with Gasteiger partial charge in [0.1, 0.15) is 12.1 Å². The molecule has 2 aliphatic carbocycles. The molecule has 3 N–H and O–H groups in total. The second-order valence-electron chi connectivity index (χ2n) is 8.15. The highest BCUT2D eigenvalue weighted by Gasteiger charge is 2.32. The maximum absolute atomic E-state index is 12.9. The third kappa shape index (κ3) is 6.68. The van der Waals surface area contributed by atoms with Gasteiger partial charge in [0.2, 0.25) is 0 Å². The Hall–Kier alpha value is -2.18. The summed E-state index contributed by atoms with van der Waals surface area (Å²) < 4.78 is 5.84. The van der Waals surface area contributed by atoms with Crippen LogP contribution in [0.1, 0.15) is 68.9 Å². The molecule has 3 rings (SSSR count). The first-order chi connectivity index (χ1) is 14.2. The summed E-state index contributed by atoms with van der Waals surface area (Å²) in [7, 11) is 0. The first kappa shape index (κ1) is 21.5. The zero-order chi connectivity index (χ0) is 20.5. The van der Waals surface area contributed by atoms with Gasteiger partial charge >= 0.3 is 5.97 Å². The topological polar surface area (TPSA) is 87.7 Å². The van der Waals surface area contributed by atoms with Gasteiger partial charge in [-0.05, 0) is 61.6 Å². The number of hydrogen-bond donors (Lipinski definition) is 3. The van der Waals surface area contributed by atoms with Crippen molar-refractivity contribution < 1.29 is 19.5 Å². The van der Waals surface area contributed by atoms with Crippen LogP contribution in [0.2, 0.25) is 0 Å². The summed E-state index contributed by atoms with van der Waals surface area (Å²) >= 11 is 0. The van der Waals surface area contributed by atoms with Crippen molar-refractivity contribution in [3.05, 3.63) is 41.5 Å². The summed E-state index contributed by atoms with van der Waals surface area (Å²) in [4.78, 5) is 24.1. The number of carbonyl (C=O) groups excluding carboxylic acids is 2. The van der Waals surface area contributed by atoms with Gasteiger partial charge in [-0.1, -0.05) is 43.5 Å². The van der Waals surface area contributed by atoms with Crippen LogP contribution in [0.15, 0.2) is 30.3 Å². The van der Waals surface area contributed by atoms with Gasteiger partial charge in [0, 0.05) is 12.6 Å². The SMILES string of the molecule is O=C(/C=C/c1cccc(CN[C@H](C(=O)OC2CCCC2)C2CCCCC2)c1)NO. The van der Waals surface area contributed by atoms with Gasteiger partial charge in [-0.25, -0.2) is 5.48 Å². The maximum atomic E-state index is 12.9. The number of amides is 1. The van der Waals surface area contributed by atoms with E-state index in [-0.39, 0.29) is 18.1 Å². The number of rotatable bonds is 8. The molecule has 0 unspecified atom stereocenters. The lowest BCUT2D eigenvalue weighted by atomic mass is 9.83. The number of ether oxygens (including phenoxy) is 1. The van der Waals surface area contributed by atoms with E-state index in [1.807, 2.05) is 24.3 Å². The van der Waals surface area contributed by atoms with E-state index in [9.17, 15) is 9.59 Å². The lowest BCUT2D eigenvalue weighted by Gasteiger charge is -2.30. The fraction of sp³-hybridized carbons (Fsp3) is 0.565. The van der Waals surface area contributed by atoms with Gasteiger partial charge in [0.15, 0.2) is 0 Å². The molecule has 0 aliphatic heterocycles. The van der Waals surface area contributed by atoms with Gasteiger partial charge in [-0.15, -0.1) is 0 Å². The zero-order valence-electron chi connectivity index (χ0n) is 16.9. The Morgan fingerprint density at radius 2 is 1.83 bits per heavy atom. The summed E-state index contributed by atoms with van der Waals surface area (Å²) in [5.41, 5.74) is 3.47. The molecule has 2 fully saturated rings. The Labute approximate surface area is 172 Å². The summed E-state index contributed by atoms with van der Waals surface area (Å²) in [5.74, 6) is -0.339. The molecule has 0 aromatic heterocycles. The third-order valence-corrected chi connectivity index (χ3v) is 5.97. The first-order valence-electron chi connectivity index (χ1n) is 10.8. The molecule has 6 heteroatoms. The van der Waals surface area contributed by atoms with Gasteiger partial charge in [0.05, 0.1) is 0 Å². The second-order valence-corrected chi connectivity index (χ2v) is 8.15. The molecule has 0 spiro atoms. The second kappa shape index (κ2) is 11.1. The molecule has 0 saturated heterocycles. The zero-order valence-corrected chi connectivity index (χ0v) is 16.9. The summed E-state index contributed by atoms with van der Waals surface area (Å²) in [6, 6.07) is 7.50. The highest BCUT2D eigenvalue weighted by Crippen LogP contribution is 2.29. The molecular weight excluding hydrogens is 368 g/mol. The van der Waals surface area contributed by atoms with Crippen LogP contribution < -0.4 is 10.8 Å². The van der Waals surface area contributed by atoms with Crippen molar-refractivity contribution >= 4 is 18.0 Å². The standard InChI is InChI=1S/C23H32N2O4/c26-21(25-28)14-13-17-7-6-8-18(15-17)16-24-22(19-9-2-1-3-10-19)23(27)29-20-11-4-5-12-20/h6-8,13-15,19-20,22,24,28H,1-5,9-12,16H2,(H,25,26)/b14-13+/t22-/m0/s1. The lowest BCUT2D eigenvalue weighted by molar-refractivity contribution is -0.153. The molecular formula is C23H32N2O4. The van der Waals surface area contributed by atoms with E-state index in [1.165, 1.54) is 25.3 Å². The molecule has 0 heterocycles. The minimum atomic E-state index is -0.569. The molecule has 6 nitrogen and oxygen atoms in total. The van der Waals surface area contributed by atoms with E-state index in [1.54, 1.807) is 11.6 Å². The number of carbonyl (C=O) groups is 2. The van der Waals surface area contributed by atoms with E-state index in [2.05, 4.69) is 5.32 Å². The summed E-state index contributed by atoms with van der Waals surface area (Å²) in [6.07, 6.45) is 13.0. The maximum Gasteiger partial charge on any atom is 0.323 e.